The second-order valence-electron chi connectivity index (χ2n) is 5.66. The van der Waals surface area contributed by atoms with Crippen molar-refractivity contribution in [1.82, 2.24) is 0 Å². The summed E-state index contributed by atoms with van der Waals surface area (Å²) in [5.74, 6) is 2.11. The van der Waals surface area contributed by atoms with Crippen LogP contribution in [-0.4, -0.2) is 34.4 Å². The first kappa shape index (κ1) is 19.4. The Labute approximate surface area is 153 Å². The third-order valence-corrected chi connectivity index (χ3v) is 4.03. The molecule has 0 radical (unpaired) electrons. The van der Waals surface area contributed by atoms with Crippen LogP contribution in [0.4, 0.5) is 0 Å². The first-order chi connectivity index (χ1) is 12.5. The fourth-order valence-corrected chi connectivity index (χ4v) is 2.54. The summed E-state index contributed by atoms with van der Waals surface area (Å²) in [6.45, 7) is 2.10. The predicted molar refractivity (Wildman–Crippen MR) is 97.3 cm³/mol. The summed E-state index contributed by atoms with van der Waals surface area (Å²) >= 11 is 0. The maximum absolute atomic E-state index is 12.2. The number of methoxy groups -OCH3 is 4. The van der Waals surface area contributed by atoms with Gasteiger partial charge in [-0.05, 0) is 47.9 Å². The monoisotopic (exact) mass is 360 g/mol. The molecule has 6 nitrogen and oxygen atoms in total. The third-order valence-electron chi connectivity index (χ3n) is 4.03. The maximum atomic E-state index is 12.2. The van der Waals surface area contributed by atoms with E-state index in [1.165, 1.54) is 0 Å². The Bertz CT molecular complexity index is 769. The van der Waals surface area contributed by atoms with Crippen molar-refractivity contribution in [1.29, 1.82) is 0 Å². The van der Waals surface area contributed by atoms with E-state index in [9.17, 15) is 4.79 Å². The average molecular weight is 360 g/mol. The number of ether oxygens (including phenoxy) is 5. The van der Waals surface area contributed by atoms with Gasteiger partial charge in [0.25, 0.3) is 0 Å². The lowest BCUT2D eigenvalue weighted by Crippen LogP contribution is -2.09. The van der Waals surface area contributed by atoms with Gasteiger partial charge in [-0.3, -0.25) is 4.79 Å². The molecule has 0 aliphatic carbocycles. The fraction of sp³-hybridized carbons (Fsp3) is 0.350. The highest BCUT2D eigenvalue weighted by atomic mass is 16.5. The minimum absolute atomic E-state index is 0.146. The molecule has 0 saturated carbocycles. The number of carbonyl (C=O) groups excluding carboxylic acids is 1. The van der Waals surface area contributed by atoms with E-state index in [1.807, 2.05) is 25.1 Å². The van der Waals surface area contributed by atoms with Crippen LogP contribution in [0, 0.1) is 6.92 Å². The molecule has 0 aromatic heterocycles. The van der Waals surface area contributed by atoms with Crippen molar-refractivity contribution in [3.05, 3.63) is 47.0 Å². The number of hydrogen-bond donors (Lipinski definition) is 0. The van der Waals surface area contributed by atoms with E-state index in [0.717, 1.165) is 16.7 Å². The Morgan fingerprint density at radius 3 is 2.00 bits per heavy atom. The standard InChI is InChI=1S/C20H24O6/c1-13-8-17(23-3)19(25-5)11-15(13)12-26-20(21)10-14-6-7-16(22-2)18(9-14)24-4/h6-9,11H,10,12H2,1-5H3. The summed E-state index contributed by atoms with van der Waals surface area (Å²) in [5.41, 5.74) is 2.61. The molecule has 0 spiro atoms. The van der Waals surface area contributed by atoms with Gasteiger partial charge in [0.15, 0.2) is 23.0 Å². The van der Waals surface area contributed by atoms with Gasteiger partial charge in [0.1, 0.15) is 6.61 Å². The summed E-state index contributed by atoms with van der Waals surface area (Å²) in [4.78, 5) is 12.2. The van der Waals surface area contributed by atoms with E-state index in [4.69, 9.17) is 23.7 Å². The summed E-state index contributed by atoms with van der Waals surface area (Å²) in [6.07, 6.45) is 0.146. The number of carbonyl (C=O) groups is 1. The fourth-order valence-electron chi connectivity index (χ4n) is 2.54. The molecule has 0 fully saturated rings. The summed E-state index contributed by atoms with van der Waals surface area (Å²) in [5, 5.41) is 0. The third kappa shape index (κ3) is 4.59. The first-order valence-corrected chi connectivity index (χ1v) is 8.10. The smallest absolute Gasteiger partial charge is 0.310 e. The summed E-state index contributed by atoms with van der Waals surface area (Å²) in [7, 11) is 6.28. The van der Waals surface area contributed by atoms with Crippen molar-refractivity contribution in [3.8, 4) is 23.0 Å². The van der Waals surface area contributed by atoms with Gasteiger partial charge < -0.3 is 23.7 Å². The topological polar surface area (TPSA) is 63.2 Å². The molecule has 0 atom stereocenters. The number of rotatable bonds is 8. The molecule has 2 rings (SSSR count). The SMILES string of the molecule is COc1ccc(CC(=O)OCc2cc(OC)c(OC)cc2C)cc1OC. The minimum atomic E-state index is -0.327. The van der Waals surface area contributed by atoms with Crippen molar-refractivity contribution in [2.75, 3.05) is 28.4 Å². The van der Waals surface area contributed by atoms with Gasteiger partial charge in [-0.25, -0.2) is 0 Å². The number of benzene rings is 2. The summed E-state index contributed by atoms with van der Waals surface area (Å²) < 4.78 is 26.4. The number of hydrogen-bond acceptors (Lipinski definition) is 6. The van der Waals surface area contributed by atoms with E-state index in [1.54, 1.807) is 40.6 Å². The van der Waals surface area contributed by atoms with E-state index < -0.39 is 0 Å². The highest BCUT2D eigenvalue weighted by Crippen LogP contribution is 2.31. The highest BCUT2D eigenvalue weighted by molar-refractivity contribution is 5.73. The van der Waals surface area contributed by atoms with Crippen LogP contribution >= 0.6 is 0 Å². The summed E-state index contributed by atoms with van der Waals surface area (Å²) in [6, 6.07) is 9.01. The number of aryl methyl sites for hydroxylation is 1. The van der Waals surface area contributed by atoms with E-state index in [0.29, 0.717) is 23.0 Å². The molecular formula is C20H24O6. The first-order valence-electron chi connectivity index (χ1n) is 8.10. The molecule has 2 aromatic carbocycles. The van der Waals surface area contributed by atoms with Gasteiger partial charge in [-0.15, -0.1) is 0 Å². The van der Waals surface area contributed by atoms with Crippen LogP contribution in [0.15, 0.2) is 30.3 Å². The lowest BCUT2D eigenvalue weighted by Gasteiger charge is -2.13. The molecule has 0 heterocycles. The molecule has 0 N–H and O–H groups in total. The van der Waals surface area contributed by atoms with Gasteiger partial charge in [0.05, 0.1) is 34.9 Å². The van der Waals surface area contributed by atoms with Crippen molar-refractivity contribution in [2.45, 2.75) is 20.0 Å². The molecule has 0 saturated heterocycles. The number of esters is 1. The average Bonchev–Trinajstić information content (AvgIpc) is 2.66. The maximum Gasteiger partial charge on any atom is 0.310 e. The van der Waals surface area contributed by atoms with Crippen LogP contribution in [-0.2, 0) is 22.6 Å². The van der Waals surface area contributed by atoms with Crippen molar-refractivity contribution in [3.63, 3.8) is 0 Å². The lowest BCUT2D eigenvalue weighted by atomic mass is 10.1. The molecular weight excluding hydrogens is 336 g/mol. The van der Waals surface area contributed by atoms with Crippen LogP contribution in [0.3, 0.4) is 0 Å². The van der Waals surface area contributed by atoms with E-state index in [-0.39, 0.29) is 19.0 Å². The van der Waals surface area contributed by atoms with Crippen LogP contribution in [0.25, 0.3) is 0 Å². The zero-order chi connectivity index (χ0) is 19.1. The molecule has 0 unspecified atom stereocenters. The Kier molecular flexibility index (Phi) is 6.72. The Morgan fingerprint density at radius 2 is 1.38 bits per heavy atom. The van der Waals surface area contributed by atoms with Gasteiger partial charge >= 0.3 is 5.97 Å². The normalized spacial score (nSPS) is 10.2. The molecule has 0 aliphatic heterocycles. The van der Waals surface area contributed by atoms with Gasteiger partial charge in [-0.2, -0.15) is 0 Å². The Morgan fingerprint density at radius 1 is 0.808 bits per heavy atom. The predicted octanol–water partition coefficient (Wildman–Crippen LogP) is 3.32. The van der Waals surface area contributed by atoms with Crippen molar-refractivity contribution in [2.24, 2.45) is 0 Å². The van der Waals surface area contributed by atoms with Crippen LogP contribution < -0.4 is 18.9 Å². The quantitative estimate of drug-likeness (QED) is 0.673. The second kappa shape index (κ2) is 8.99. The molecule has 2 aromatic rings. The minimum Gasteiger partial charge on any atom is -0.493 e. The largest absolute Gasteiger partial charge is 0.493 e. The lowest BCUT2D eigenvalue weighted by molar-refractivity contribution is -0.144. The van der Waals surface area contributed by atoms with Gasteiger partial charge in [-0.1, -0.05) is 6.07 Å². The van der Waals surface area contributed by atoms with Crippen LogP contribution in [0.1, 0.15) is 16.7 Å². The van der Waals surface area contributed by atoms with E-state index >= 15 is 0 Å². The molecule has 0 aliphatic rings. The van der Waals surface area contributed by atoms with Gasteiger partial charge in [0, 0.05) is 0 Å². The molecule has 140 valence electrons. The molecule has 0 amide bonds. The Hall–Kier alpha value is -2.89. The van der Waals surface area contributed by atoms with E-state index in [2.05, 4.69) is 0 Å². The molecule has 26 heavy (non-hydrogen) atoms. The van der Waals surface area contributed by atoms with Gasteiger partial charge in [0.2, 0.25) is 0 Å². The highest BCUT2D eigenvalue weighted by Gasteiger charge is 2.12. The molecule has 6 heteroatoms. The van der Waals surface area contributed by atoms with Crippen molar-refractivity contribution >= 4 is 5.97 Å². The van der Waals surface area contributed by atoms with Crippen LogP contribution in [0.5, 0.6) is 23.0 Å². The zero-order valence-corrected chi connectivity index (χ0v) is 15.8. The zero-order valence-electron chi connectivity index (χ0n) is 15.8. The Balaban J connectivity index is 2.03. The van der Waals surface area contributed by atoms with Crippen molar-refractivity contribution < 1.29 is 28.5 Å². The van der Waals surface area contributed by atoms with Crippen LogP contribution in [0.2, 0.25) is 0 Å². The second-order valence-corrected chi connectivity index (χ2v) is 5.66. The molecule has 0 bridgehead atoms.